The average Bonchev–Trinajstić information content (AvgIpc) is 2.66. The standard InChI is InChI=1S/C11H9BrINS/c12-10(9-6-11(13)15-7-9)5-8-1-3-14-4-2-8/h1-4,6-7,10H,5H2. The summed E-state index contributed by atoms with van der Waals surface area (Å²) < 4.78 is 1.33. The zero-order valence-corrected chi connectivity index (χ0v) is 12.4. The Labute approximate surface area is 115 Å². The van der Waals surface area contributed by atoms with Gasteiger partial charge in [0, 0.05) is 17.2 Å². The molecule has 2 rings (SSSR count). The van der Waals surface area contributed by atoms with Gasteiger partial charge in [-0.05, 0) is 63.7 Å². The first-order chi connectivity index (χ1) is 7.25. The van der Waals surface area contributed by atoms with Crippen molar-refractivity contribution in [2.75, 3.05) is 0 Å². The highest BCUT2D eigenvalue weighted by atomic mass is 127. The quantitative estimate of drug-likeness (QED) is 0.555. The number of alkyl halides is 1. The van der Waals surface area contributed by atoms with Gasteiger partial charge in [-0.25, -0.2) is 0 Å². The first kappa shape index (κ1) is 11.5. The highest BCUT2D eigenvalue weighted by Gasteiger charge is 2.09. The molecule has 2 aromatic heterocycles. The Bertz CT molecular complexity index is 429. The fourth-order valence-electron chi connectivity index (χ4n) is 1.33. The molecule has 2 aromatic rings. The zero-order valence-electron chi connectivity index (χ0n) is 7.86. The number of pyridine rings is 1. The Hall–Kier alpha value is 0.0600. The Morgan fingerprint density at radius 1 is 1.40 bits per heavy atom. The Balaban J connectivity index is 2.07. The zero-order chi connectivity index (χ0) is 10.7. The number of thiophene rings is 1. The second kappa shape index (κ2) is 5.41. The summed E-state index contributed by atoms with van der Waals surface area (Å²) in [6.07, 6.45) is 4.69. The van der Waals surface area contributed by atoms with Crippen LogP contribution in [0.15, 0.2) is 36.0 Å². The van der Waals surface area contributed by atoms with Crippen molar-refractivity contribution in [3.8, 4) is 0 Å². The van der Waals surface area contributed by atoms with Crippen molar-refractivity contribution < 1.29 is 0 Å². The highest BCUT2D eigenvalue weighted by Crippen LogP contribution is 2.30. The van der Waals surface area contributed by atoms with Crippen molar-refractivity contribution in [3.63, 3.8) is 0 Å². The molecule has 0 aliphatic heterocycles. The SMILES string of the molecule is BrC(Cc1ccncc1)c1csc(I)c1. The van der Waals surface area contributed by atoms with Crippen molar-refractivity contribution >= 4 is 49.9 Å². The van der Waals surface area contributed by atoms with Gasteiger partial charge in [0.05, 0.1) is 2.88 Å². The van der Waals surface area contributed by atoms with Gasteiger partial charge in [0.1, 0.15) is 0 Å². The first-order valence-electron chi connectivity index (χ1n) is 4.52. The predicted octanol–water partition coefficient (Wildman–Crippen LogP) is 4.43. The van der Waals surface area contributed by atoms with Gasteiger partial charge in [-0.3, -0.25) is 4.98 Å². The van der Waals surface area contributed by atoms with Crippen LogP contribution >= 0.6 is 49.9 Å². The van der Waals surface area contributed by atoms with Gasteiger partial charge < -0.3 is 0 Å². The van der Waals surface area contributed by atoms with Crippen molar-refractivity contribution in [3.05, 3.63) is 50.0 Å². The number of nitrogens with zero attached hydrogens (tertiary/aromatic N) is 1. The van der Waals surface area contributed by atoms with Gasteiger partial charge >= 0.3 is 0 Å². The van der Waals surface area contributed by atoms with E-state index in [9.17, 15) is 0 Å². The van der Waals surface area contributed by atoms with Crippen molar-refractivity contribution in [2.24, 2.45) is 0 Å². The van der Waals surface area contributed by atoms with Gasteiger partial charge in [-0.15, -0.1) is 11.3 Å². The van der Waals surface area contributed by atoms with Crippen LogP contribution in [0.5, 0.6) is 0 Å². The summed E-state index contributed by atoms with van der Waals surface area (Å²) in [5.41, 5.74) is 2.68. The van der Waals surface area contributed by atoms with E-state index in [2.05, 4.69) is 67.1 Å². The van der Waals surface area contributed by atoms with Crippen LogP contribution < -0.4 is 0 Å². The molecule has 4 heteroatoms. The summed E-state index contributed by atoms with van der Waals surface area (Å²) >= 11 is 7.86. The minimum Gasteiger partial charge on any atom is -0.265 e. The van der Waals surface area contributed by atoms with E-state index < -0.39 is 0 Å². The highest BCUT2D eigenvalue weighted by molar-refractivity contribution is 14.1. The van der Waals surface area contributed by atoms with Crippen LogP contribution in [0, 0.1) is 2.88 Å². The molecule has 0 bridgehead atoms. The topological polar surface area (TPSA) is 12.9 Å². The molecule has 0 N–H and O–H groups in total. The fraction of sp³-hybridized carbons (Fsp3) is 0.182. The third-order valence-electron chi connectivity index (χ3n) is 2.11. The molecule has 0 amide bonds. The molecule has 1 atom stereocenters. The van der Waals surface area contributed by atoms with Gasteiger partial charge in [-0.2, -0.15) is 0 Å². The summed E-state index contributed by atoms with van der Waals surface area (Å²) in [6.45, 7) is 0. The number of aromatic nitrogens is 1. The number of hydrogen-bond donors (Lipinski definition) is 0. The molecule has 0 aliphatic carbocycles. The van der Waals surface area contributed by atoms with E-state index in [1.165, 1.54) is 14.0 Å². The van der Waals surface area contributed by atoms with Crippen molar-refractivity contribution in [1.82, 2.24) is 4.98 Å². The number of rotatable bonds is 3. The second-order valence-corrected chi connectivity index (χ2v) is 7.12. The van der Waals surface area contributed by atoms with Gasteiger partial charge in [-0.1, -0.05) is 15.9 Å². The molecule has 0 aliphatic rings. The molecule has 0 fully saturated rings. The van der Waals surface area contributed by atoms with Crippen LogP contribution in [0.3, 0.4) is 0 Å². The van der Waals surface area contributed by atoms with Crippen LogP contribution in [-0.4, -0.2) is 4.98 Å². The Morgan fingerprint density at radius 3 is 2.73 bits per heavy atom. The Kier molecular flexibility index (Phi) is 4.16. The van der Waals surface area contributed by atoms with E-state index >= 15 is 0 Å². The van der Waals surface area contributed by atoms with Crippen molar-refractivity contribution in [2.45, 2.75) is 11.2 Å². The molecule has 1 unspecified atom stereocenters. The molecular formula is C11H9BrINS. The molecule has 0 aromatic carbocycles. The lowest BCUT2D eigenvalue weighted by molar-refractivity contribution is 0.949. The minimum atomic E-state index is 0.402. The molecule has 15 heavy (non-hydrogen) atoms. The molecule has 0 spiro atoms. The maximum Gasteiger partial charge on any atom is 0.0656 e. The largest absolute Gasteiger partial charge is 0.265 e. The van der Waals surface area contributed by atoms with Gasteiger partial charge in [0.15, 0.2) is 0 Å². The molecule has 0 radical (unpaired) electrons. The number of hydrogen-bond acceptors (Lipinski definition) is 2. The monoisotopic (exact) mass is 393 g/mol. The van der Waals surface area contributed by atoms with E-state index in [4.69, 9.17) is 0 Å². The third kappa shape index (κ3) is 3.26. The second-order valence-electron chi connectivity index (χ2n) is 3.21. The Morgan fingerprint density at radius 2 is 2.13 bits per heavy atom. The van der Waals surface area contributed by atoms with Crippen LogP contribution in [0.25, 0.3) is 0 Å². The maximum atomic E-state index is 4.02. The summed E-state index contributed by atoms with van der Waals surface area (Å²) in [4.78, 5) is 4.42. The molecule has 1 nitrogen and oxygen atoms in total. The number of halogens is 2. The van der Waals surface area contributed by atoms with E-state index in [0.717, 1.165) is 6.42 Å². The van der Waals surface area contributed by atoms with E-state index in [0.29, 0.717) is 4.83 Å². The molecule has 0 saturated carbocycles. The lowest BCUT2D eigenvalue weighted by Gasteiger charge is -2.07. The summed E-state index contributed by atoms with van der Waals surface area (Å²) in [5, 5.41) is 2.21. The van der Waals surface area contributed by atoms with E-state index in [-0.39, 0.29) is 0 Å². The van der Waals surface area contributed by atoms with Crippen LogP contribution in [-0.2, 0) is 6.42 Å². The molecule has 78 valence electrons. The van der Waals surface area contributed by atoms with Gasteiger partial charge in [0.25, 0.3) is 0 Å². The lowest BCUT2D eigenvalue weighted by atomic mass is 10.1. The van der Waals surface area contributed by atoms with Crippen LogP contribution in [0.4, 0.5) is 0 Å². The summed E-state index contributed by atoms with van der Waals surface area (Å²) in [7, 11) is 0. The normalized spacial score (nSPS) is 12.7. The van der Waals surface area contributed by atoms with Crippen LogP contribution in [0.1, 0.15) is 16.0 Å². The molecular weight excluding hydrogens is 385 g/mol. The van der Waals surface area contributed by atoms with Crippen LogP contribution in [0.2, 0.25) is 0 Å². The minimum absolute atomic E-state index is 0.402. The first-order valence-corrected chi connectivity index (χ1v) is 7.40. The smallest absolute Gasteiger partial charge is 0.0656 e. The van der Waals surface area contributed by atoms with Gasteiger partial charge in [0.2, 0.25) is 0 Å². The lowest BCUT2D eigenvalue weighted by Crippen LogP contribution is -1.93. The molecule has 0 saturated heterocycles. The van der Waals surface area contributed by atoms with E-state index in [1.807, 2.05) is 12.4 Å². The van der Waals surface area contributed by atoms with Crippen molar-refractivity contribution in [1.29, 1.82) is 0 Å². The maximum absolute atomic E-state index is 4.02. The third-order valence-corrected chi connectivity index (χ3v) is 4.77. The summed E-state index contributed by atoms with van der Waals surface area (Å²) in [5.74, 6) is 0. The van der Waals surface area contributed by atoms with E-state index in [1.54, 1.807) is 11.3 Å². The fourth-order valence-corrected chi connectivity index (χ4v) is 3.57. The average molecular weight is 394 g/mol. The molecule has 2 heterocycles. The summed E-state index contributed by atoms with van der Waals surface area (Å²) in [6, 6.07) is 6.35. The predicted molar refractivity (Wildman–Crippen MR) is 76.6 cm³/mol.